The molecule has 0 saturated carbocycles. The highest BCUT2D eigenvalue weighted by Crippen LogP contribution is 2.28. The number of benzene rings is 2. The summed E-state index contributed by atoms with van der Waals surface area (Å²) >= 11 is 0. The van der Waals surface area contributed by atoms with E-state index in [9.17, 15) is 15.0 Å². The van der Waals surface area contributed by atoms with E-state index in [1.54, 1.807) is 6.07 Å². The summed E-state index contributed by atoms with van der Waals surface area (Å²) in [5, 5.41) is 18.8. The van der Waals surface area contributed by atoms with E-state index in [4.69, 9.17) is 0 Å². The van der Waals surface area contributed by atoms with Gasteiger partial charge in [0.1, 0.15) is 0 Å². The Labute approximate surface area is 123 Å². The van der Waals surface area contributed by atoms with Crippen LogP contribution in [0.2, 0.25) is 0 Å². The van der Waals surface area contributed by atoms with Crippen molar-refractivity contribution >= 4 is 11.6 Å². The molecule has 0 bridgehead atoms. The highest BCUT2D eigenvalue weighted by molar-refractivity contribution is 5.96. The molecule has 0 fully saturated rings. The van der Waals surface area contributed by atoms with E-state index >= 15 is 0 Å². The third-order valence-corrected chi connectivity index (χ3v) is 3.81. The Kier molecular flexibility index (Phi) is 3.52. The lowest BCUT2D eigenvalue weighted by Gasteiger charge is -2.29. The van der Waals surface area contributed by atoms with Gasteiger partial charge in [0.05, 0.1) is 6.42 Å². The van der Waals surface area contributed by atoms with Crippen molar-refractivity contribution in [1.82, 2.24) is 0 Å². The first-order valence-electron chi connectivity index (χ1n) is 7.04. The summed E-state index contributed by atoms with van der Waals surface area (Å²) in [5.41, 5.74) is 2.88. The van der Waals surface area contributed by atoms with E-state index in [-0.39, 0.29) is 23.8 Å². The summed E-state index contributed by atoms with van der Waals surface area (Å²) in [5.74, 6) is -0.360. The molecule has 4 heteroatoms. The minimum Gasteiger partial charge on any atom is -0.504 e. The summed E-state index contributed by atoms with van der Waals surface area (Å²) in [6.45, 7) is 0.722. The molecule has 1 aliphatic heterocycles. The fourth-order valence-electron chi connectivity index (χ4n) is 2.74. The average molecular weight is 283 g/mol. The van der Waals surface area contributed by atoms with Gasteiger partial charge in [-0.15, -0.1) is 0 Å². The quantitative estimate of drug-likeness (QED) is 0.833. The monoisotopic (exact) mass is 283 g/mol. The van der Waals surface area contributed by atoms with Gasteiger partial charge in [-0.05, 0) is 42.2 Å². The fourth-order valence-corrected chi connectivity index (χ4v) is 2.74. The van der Waals surface area contributed by atoms with Gasteiger partial charge in [0, 0.05) is 12.2 Å². The van der Waals surface area contributed by atoms with Gasteiger partial charge in [0.15, 0.2) is 11.5 Å². The number of anilines is 1. The van der Waals surface area contributed by atoms with Crippen LogP contribution in [0.25, 0.3) is 0 Å². The zero-order chi connectivity index (χ0) is 14.8. The van der Waals surface area contributed by atoms with Crippen molar-refractivity contribution in [2.75, 3.05) is 11.4 Å². The number of aryl methyl sites for hydroxylation is 1. The van der Waals surface area contributed by atoms with Crippen LogP contribution in [0.15, 0.2) is 42.5 Å². The number of hydrogen-bond acceptors (Lipinski definition) is 3. The fraction of sp³-hybridized carbons (Fsp3) is 0.235. The number of carbonyl (C=O) groups excluding carboxylic acids is 1. The van der Waals surface area contributed by atoms with Gasteiger partial charge in [-0.1, -0.05) is 24.3 Å². The van der Waals surface area contributed by atoms with Crippen molar-refractivity contribution < 1.29 is 15.0 Å². The average Bonchev–Trinajstić information content (AvgIpc) is 2.50. The number of para-hydroxylation sites is 1. The number of carbonyl (C=O) groups is 1. The van der Waals surface area contributed by atoms with E-state index in [2.05, 4.69) is 6.07 Å². The van der Waals surface area contributed by atoms with Crippen molar-refractivity contribution in [2.24, 2.45) is 0 Å². The molecule has 0 aliphatic carbocycles. The predicted octanol–water partition coefficient (Wildman–Crippen LogP) is 2.62. The molecule has 2 N–H and O–H groups in total. The van der Waals surface area contributed by atoms with Gasteiger partial charge in [0.25, 0.3) is 0 Å². The second-order valence-electron chi connectivity index (χ2n) is 5.28. The molecule has 1 aliphatic rings. The van der Waals surface area contributed by atoms with Crippen LogP contribution in [0.4, 0.5) is 5.69 Å². The first-order valence-corrected chi connectivity index (χ1v) is 7.04. The standard InChI is InChI=1S/C17H17NO3/c19-15-8-7-12(10-16(15)20)11-17(21)18-9-3-5-13-4-1-2-6-14(13)18/h1-2,4,6-8,10,19-20H,3,5,9,11H2. The van der Waals surface area contributed by atoms with Gasteiger partial charge in [0.2, 0.25) is 5.91 Å². The number of aromatic hydroxyl groups is 2. The molecule has 0 saturated heterocycles. The number of rotatable bonds is 2. The van der Waals surface area contributed by atoms with Crippen molar-refractivity contribution in [1.29, 1.82) is 0 Å². The van der Waals surface area contributed by atoms with E-state index in [1.807, 2.05) is 23.1 Å². The maximum Gasteiger partial charge on any atom is 0.231 e. The lowest BCUT2D eigenvalue weighted by molar-refractivity contribution is -0.118. The molecule has 0 atom stereocenters. The summed E-state index contributed by atoms with van der Waals surface area (Å²) < 4.78 is 0. The van der Waals surface area contributed by atoms with Crippen LogP contribution in [0.1, 0.15) is 17.5 Å². The molecule has 2 aromatic carbocycles. The zero-order valence-corrected chi connectivity index (χ0v) is 11.6. The molecule has 4 nitrogen and oxygen atoms in total. The molecule has 3 rings (SSSR count). The van der Waals surface area contributed by atoms with Crippen LogP contribution in [0.5, 0.6) is 11.5 Å². The first kappa shape index (κ1) is 13.5. The topological polar surface area (TPSA) is 60.8 Å². The molecule has 108 valence electrons. The molecule has 0 aromatic heterocycles. The number of amides is 1. The number of phenolic OH excluding ortho intramolecular Hbond substituents is 2. The van der Waals surface area contributed by atoms with Crippen molar-refractivity contribution in [3.8, 4) is 11.5 Å². The minimum atomic E-state index is -0.195. The molecule has 0 unspecified atom stereocenters. The molecular formula is C17H17NO3. The van der Waals surface area contributed by atoms with Crippen LogP contribution in [0, 0.1) is 0 Å². The van der Waals surface area contributed by atoms with E-state index in [0.717, 1.165) is 25.1 Å². The lowest BCUT2D eigenvalue weighted by Crippen LogP contribution is -2.36. The van der Waals surface area contributed by atoms with Crippen molar-refractivity contribution in [3.05, 3.63) is 53.6 Å². The maximum absolute atomic E-state index is 12.5. The first-order chi connectivity index (χ1) is 10.1. The minimum absolute atomic E-state index is 0.00670. The van der Waals surface area contributed by atoms with Gasteiger partial charge in [-0.2, -0.15) is 0 Å². The van der Waals surface area contributed by atoms with E-state index < -0.39 is 0 Å². The predicted molar refractivity (Wildman–Crippen MR) is 80.6 cm³/mol. The summed E-state index contributed by atoms with van der Waals surface area (Å²) in [4.78, 5) is 14.3. The molecule has 21 heavy (non-hydrogen) atoms. The normalized spacial score (nSPS) is 13.8. The Hall–Kier alpha value is -2.49. The summed E-state index contributed by atoms with van der Waals surface area (Å²) in [6, 6.07) is 12.5. The van der Waals surface area contributed by atoms with E-state index in [1.165, 1.54) is 17.7 Å². The number of hydrogen-bond donors (Lipinski definition) is 2. The largest absolute Gasteiger partial charge is 0.504 e. The third kappa shape index (κ3) is 2.70. The number of nitrogens with zero attached hydrogens (tertiary/aromatic N) is 1. The second-order valence-corrected chi connectivity index (χ2v) is 5.28. The zero-order valence-electron chi connectivity index (χ0n) is 11.6. The second kappa shape index (κ2) is 5.48. The number of fused-ring (bicyclic) bond motifs is 1. The molecule has 0 radical (unpaired) electrons. The summed E-state index contributed by atoms with van der Waals surface area (Å²) in [7, 11) is 0. The van der Waals surface area contributed by atoms with E-state index in [0.29, 0.717) is 5.56 Å². The lowest BCUT2D eigenvalue weighted by atomic mass is 10.0. The van der Waals surface area contributed by atoms with Crippen LogP contribution >= 0.6 is 0 Å². The Balaban J connectivity index is 1.81. The van der Waals surface area contributed by atoms with Crippen molar-refractivity contribution in [3.63, 3.8) is 0 Å². The third-order valence-electron chi connectivity index (χ3n) is 3.81. The van der Waals surface area contributed by atoms with Crippen LogP contribution in [-0.2, 0) is 17.6 Å². The molecule has 1 heterocycles. The highest BCUT2D eigenvalue weighted by atomic mass is 16.3. The molecule has 1 amide bonds. The maximum atomic E-state index is 12.5. The van der Waals surface area contributed by atoms with Crippen molar-refractivity contribution in [2.45, 2.75) is 19.3 Å². The SMILES string of the molecule is O=C(Cc1ccc(O)c(O)c1)N1CCCc2ccccc21. The van der Waals surface area contributed by atoms with Crippen LogP contribution < -0.4 is 4.90 Å². The van der Waals surface area contributed by atoms with Gasteiger partial charge < -0.3 is 15.1 Å². The Morgan fingerprint density at radius 1 is 1.10 bits per heavy atom. The Morgan fingerprint density at radius 3 is 2.71 bits per heavy atom. The smallest absolute Gasteiger partial charge is 0.231 e. The molecular weight excluding hydrogens is 266 g/mol. The van der Waals surface area contributed by atoms with Gasteiger partial charge >= 0.3 is 0 Å². The van der Waals surface area contributed by atoms with Gasteiger partial charge in [-0.3, -0.25) is 4.79 Å². The van der Waals surface area contributed by atoms with Crippen LogP contribution in [0.3, 0.4) is 0 Å². The Bertz CT molecular complexity index is 681. The Morgan fingerprint density at radius 2 is 1.90 bits per heavy atom. The number of phenols is 2. The highest BCUT2D eigenvalue weighted by Gasteiger charge is 2.22. The molecule has 0 spiro atoms. The molecule has 2 aromatic rings. The van der Waals surface area contributed by atoms with Gasteiger partial charge in [-0.25, -0.2) is 0 Å². The van der Waals surface area contributed by atoms with Crippen LogP contribution in [-0.4, -0.2) is 22.7 Å². The summed E-state index contributed by atoms with van der Waals surface area (Å²) in [6.07, 6.45) is 2.17.